The van der Waals surface area contributed by atoms with Gasteiger partial charge in [0.1, 0.15) is 0 Å². The van der Waals surface area contributed by atoms with Crippen molar-refractivity contribution in [2.45, 2.75) is 169 Å². The third-order valence-corrected chi connectivity index (χ3v) is 15.4. The molecule has 2 heterocycles. The van der Waals surface area contributed by atoms with Crippen LogP contribution < -0.4 is 0 Å². The van der Waals surface area contributed by atoms with E-state index in [1.807, 2.05) is 47.6 Å². The molecule has 0 aliphatic carbocycles. The Bertz CT molecular complexity index is 824. The zero-order valence-corrected chi connectivity index (χ0v) is 30.7. The van der Waals surface area contributed by atoms with Crippen molar-refractivity contribution < 1.29 is 32.9 Å². The molecule has 2 saturated heterocycles. The zero-order valence-electron chi connectivity index (χ0n) is 29.7. The molecule has 0 saturated carbocycles. The third kappa shape index (κ3) is 10.5. The maximum absolute atomic E-state index is 12.9. The van der Waals surface area contributed by atoms with Gasteiger partial charge in [-0.15, -0.1) is 0 Å². The van der Waals surface area contributed by atoms with Crippen LogP contribution in [0.3, 0.4) is 0 Å². The number of hydrogen-bond donors (Lipinski definition) is 0. The van der Waals surface area contributed by atoms with E-state index in [0.717, 1.165) is 25.9 Å². The predicted octanol–water partition coefficient (Wildman–Crippen LogP) is 8.65. The molecule has 0 bridgehead atoms. The summed E-state index contributed by atoms with van der Waals surface area (Å²) >= 11 is 0. The van der Waals surface area contributed by atoms with E-state index in [4.69, 9.17) is 28.1 Å². The highest BCUT2D eigenvalue weighted by Crippen LogP contribution is 2.44. The second-order valence-corrected chi connectivity index (χ2v) is 20.0. The standard InChI is InChI=1S/C34H65NO7Si/c1-23(2)35(24(3)4)33(36)39-21-18-29(17-20-38-31-16-14-15-19-37-31)32-28(11)30(41-34(12,13)42-32)22-40-43(25(5)6,26(7)8)27(9)10/h18,21,23-32H,14-17,19-20,22H2,1-13H3/b21-18-/t28-,29-,30+,31?,32+/m0/s1. The molecule has 2 rings (SSSR count). The van der Waals surface area contributed by atoms with Gasteiger partial charge in [0.2, 0.25) is 0 Å². The summed E-state index contributed by atoms with van der Waals surface area (Å²) in [6.45, 7) is 29.8. The van der Waals surface area contributed by atoms with E-state index in [9.17, 15) is 4.79 Å². The molecule has 5 atom stereocenters. The molecular weight excluding hydrogens is 562 g/mol. The van der Waals surface area contributed by atoms with E-state index in [2.05, 4.69) is 48.5 Å². The van der Waals surface area contributed by atoms with Gasteiger partial charge in [-0.2, -0.15) is 0 Å². The average Bonchev–Trinajstić information content (AvgIpc) is 2.89. The van der Waals surface area contributed by atoms with Crippen LogP contribution in [0.1, 0.15) is 116 Å². The normalized spacial score (nSPS) is 25.8. The number of carbonyl (C=O) groups excluding carboxylic acids is 1. The maximum Gasteiger partial charge on any atom is 0.415 e. The lowest BCUT2D eigenvalue weighted by molar-refractivity contribution is -0.329. The smallest absolute Gasteiger partial charge is 0.415 e. The van der Waals surface area contributed by atoms with E-state index in [0.29, 0.717) is 36.3 Å². The van der Waals surface area contributed by atoms with Gasteiger partial charge in [0.05, 0.1) is 31.7 Å². The molecule has 2 aliphatic rings. The molecule has 43 heavy (non-hydrogen) atoms. The highest BCUT2D eigenvalue weighted by molar-refractivity contribution is 6.77. The second kappa shape index (κ2) is 17.1. The Labute approximate surface area is 264 Å². The van der Waals surface area contributed by atoms with Crippen LogP contribution in [0, 0.1) is 11.8 Å². The highest BCUT2D eigenvalue weighted by atomic mass is 28.4. The molecule has 8 nitrogen and oxygen atoms in total. The van der Waals surface area contributed by atoms with Crippen LogP contribution in [-0.4, -0.2) is 75.5 Å². The highest BCUT2D eigenvalue weighted by Gasteiger charge is 2.48. The van der Waals surface area contributed by atoms with Crippen molar-refractivity contribution in [3.8, 4) is 0 Å². The lowest BCUT2D eigenvalue weighted by atomic mass is 9.85. The van der Waals surface area contributed by atoms with Gasteiger partial charge in [0.25, 0.3) is 0 Å². The Balaban J connectivity index is 2.27. The summed E-state index contributed by atoms with van der Waals surface area (Å²) in [5, 5.41) is 0. The van der Waals surface area contributed by atoms with E-state index >= 15 is 0 Å². The van der Waals surface area contributed by atoms with Crippen LogP contribution in [0.2, 0.25) is 16.6 Å². The van der Waals surface area contributed by atoms with Crippen LogP contribution in [0.5, 0.6) is 0 Å². The van der Waals surface area contributed by atoms with Gasteiger partial charge >= 0.3 is 6.09 Å². The van der Waals surface area contributed by atoms with Gasteiger partial charge in [-0.3, -0.25) is 0 Å². The fourth-order valence-electron chi connectivity index (χ4n) is 7.36. The van der Waals surface area contributed by atoms with Crippen molar-refractivity contribution in [1.29, 1.82) is 0 Å². The fraction of sp³-hybridized carbons (Fsp3) is 0.912. The summed E-state index contributed by atoms with van der Waals surface area (Å²) in [6, 6.07) is 0.0818. The molecule has 252 valence electrons. The topological polar surface area (TPSA) is 75.7 Å². The Hall–Kier alpha value is -0.973. The number of amides is 1. The molecule has 0 aromatic carbocycles. The Morgan fingerprint density at radius 1 is 0.953 bits per heavy atom. The lowest BCUT2D eigenvalue weighted by Crippen LogP contribution is -2.56. The molecule has 9 heteroatoms. The summed E-state index contributed by atoms with van der Waals surface area (Å²) in [4.78, 5) is 14.7. The molecule has 2 fully saturated rings. The van der Waals surface area contributed by atoms with Crippen molar-refractivity contribution in [2.24, 2.45) is 11.8 Å². The minimum Gasteiger partial charge on any atom is -0.418 e. The molecule has 1 amide bonds. The first kappa shape index (κ1) is 38.2. The van der Waals surface area contributed by atoms with Crippen LogP contribution in [0.25, 0.3) is 0 Å². The Kier molecular flexibility index (Phi) is 15.2. The van der Waals surface area contributed by atoms with Crippen LogP contribution in [0.4, 0.5) is 4.79 Å². The molecule has 0 N–H and O–H groups in total. The van der Waals surface area contributed by atoms with E-state index < -0.39 is 14.1 Å². The first-order valence-electron chi connectivity index (χ1n) is 16.9. The number of hydrogen-bond acceptors (Lipinski definition) is 7. The lowest BCUT2D eigenvalue weighted by Gasteiger charge is -2.49. The minimum absolute atomic E-state index is 0.0409. The third-order valence-electron chi connectivity index (χ3n) is 9.30. The number of rotatable bonds is 15. The molecule has 2 aliphatic heterocycles. The molecule has 0 radical (unpaired) electrons. The van der Waals surface area contributed by atoms with Crippen LogP contribution in [0.15, 0.2) is 12.3 Å². The summed E-state index contributed by atoms with van der Waals surface area (Å²) in [5.41, 5.74) is 1.48. The molecule has 0 spiro atoms. The van der Waals surface area contributed by atoms with Gasteiger partial charge in [0, 0.05) is 30.5 Å². The van der Waals surface area contributed by atoms with Crippen LogP contribution >= 0.6 is 0 Å². The molecule has 0 aromatic rings. The van der Waals surface area contributed by atoms with E-state index in [1.165, 1.54) is 0 Å². The fourth-order valence-corrected chi connectivity index (χ4v) is 12.8. The van der Waals surface area contributed by atoms with Crippen molar-refractivity contribution in [3.05, 3.63) is 12.3 Å². The second-order valence-electron chi connectivity index (χ2n) is 14.6. The van der Waals surface area contributed by atoms with Crippen LogP contribution in [-0.2, 0) is 28.1 Å². The number of carbonyl (C=O) groups is 1. The zero-order chi connectivity index (χ0) is 32.5. The van der Waals surface area contributed by atoms with Crippen molar-refractivity contribution in [2.75, 3.05) is 19.8 Å². The first-order chi connectivity index (χ1) is 20.0. The molecular formula is C34H65NO7Si. The summed E-state index contributed by atoms with van der Waals surface area (Å²) < 4.78 is 37.8. The molecule has 1 unspecified atom stereocenters. The van der Waals surface area contributed by atoms with Gasteiger partial charge in [0.15, 0.2) is 20.4 Å². The average molecular weight is 628 g/mol. The van der Waals surface area contributed by atoms with E-state index in [1.54, 1.807) is 11.2 Å². The first-order valence-corrected chi connectivity index (χ1v) is 19.1. The van der Waals surface area contributed by atoms with Crippen molar-refractivity contribution in [3.63, 3.8) is 0 Å². The van der Waals surface area contributed by atoms with Gasteiger partial charge in [-0.05, 0) is 89.9 Å². The Morgan fingerprint density at radius 3 is 2.07 bits per heavy atom. The number of nitrogens with zero attached hydrogens (tertiary/aromatic N) is 1. The van der Waals surface area contributed by atoms with Gasteiger partial charge in [-0.1, -0.05) is 48.5 Å². The van der Waals surface area contributed by atoms with Crippen molar-refractivity contribution >= 4 is 14.4 Å². The molecule has 0 aromatic heterocycles. The largest absolute Gasteiger partial charge is 0.418 e. The summed E-state index contributed by atoms with van der Waals surface area (Å²) in [5.74, 6) is -0.804. The monoisotopic (exact) mass is 627 g/mol. The predicted molar refractivity (Wildman–Crippen MR) is 175 cm³/mol. The minimum atomic E-state index is -2.07. The van der Waals surface area contributed by atoms with E-state index in [-0.39, 0.29) is 48.5 Å². The van der Waals surface area contributed by atoms with Gasteiger partial charge in [-0.25, -0.2) is 4.79 Å². The SMILES string of the molecule is CC(C)N(C(=O)O/C=C\[C@H](CCOC1CCCCO1)[C@@H]1OC(C)(C)O[C@H](CO[Si](C(C)C)(C(C)C)C(C)C)[C@@H]1C)C(C)C. The van der Waals surface area contributed by atoms with Gasteiger partial charge < -0.3 is 33.0 Å². The maximum atomic E-state index is 12.9. The van der Waals surface area contributed by atoms with Crippen molar-refractivity contribution in [1.82, 2.24) is 4.90 Å². The summed E-state index contributed by atoms with van der Waals surface area (Å²) in [6.07, 6.45) is 6.52. The summed E-state index contributed by atoms with van der Waals surface area (Å²) in [7, 11) is -2.07. The quantitative estimate of drug-likeness (QED) is 0.133. The number of ether oxygens (including phenoxy) is 5. The Morgan fingerprint density at radius 2 is 1.56 bits per heavy atom.